The molecule has 0 N–H and O–H groups in total. The maximum atomic E-state index is 12.0. The van der Waals surface area contributed by atoms with Crippen LogP contribution in [-0.4, -0.2) is 22.4 Å². The van der Waals surface area contributed by atoms with Crippen LogP contribution >= 0.6 is 22.9 Å². The predicted molar refractivity (Wildman–Crippen MR) is 78.7 cm³/mol. The largest absolute Gasteiger partial charge is 0.469 e. The van der Waals surface area contributed by atoms with Gasteiger partial charge in [0.25, 0.3) is 0 Å². The maximum Gasteiger partial charge on any atom is 0.225 e. The summed E-state index contributed by atoms with van der Waals surface area (Å²) in [7, 11) is 0. The molecule has 0 spiro atoms. The first-order valence-corrected chi connectivity index (χ1v) is 7.09. The van der Waals surface area contributed by atoms with Crippen LogP contribution in [0.15, 0.2) is 42.0 Å². The molecular formula is C14H9ClN2O2S. The normalized spacial score (nSPS) is 10.7. The third-order valence-corrected chi connectivity index (χ3v) is 3.80. The van der Waals surface area contributed by atoms with Crippen molar-refractivity contribution in [3.05, 3.63) is 52.6 Å². The number of ether oxygens (including phenoxy) is 1. The van der Waals surface area contributed by atoms with E-state index in [2.05, 4.69) is 9.97 Å². The van der Waals surface area contributed by atoms with Gasteiger partial charge in [-0.25, -0.2) is 9.97 Å². The molecule has 2 aromatic heterocycles. The SMILES string of the molecule is O=C(COc1ncnc2sccc12)c1ccc(Cl)cc1. The molecular weight excluding hydrogens is 296 g/mol. The fourth-order valence-corrected chi connectivity index (χ4v) is 2.58. The lowest BCUT2D eigenvalue weighted by Gasteiger charge is -2.05. The van der Waals surface area contributed by atoms with E-state index >= 15 is 0 Å². The third-order valence-electron chi connectivity index (χ3n) is 2.73. The summed E-state index contributed by atoms with van der Waals surface area (Å²) in [4.78, 5) is 21.0. The zero-order valence-electron chi connectivity index (χ0n) is 10.2. The summed E-state index contributed by atoms with van der Waals surface area (Å²) in [5, 5.41) is 3.33. The van der Waals surface area contributed by atoms with Crippen molar-refractivity contribution in [3.63, 3.8) is 0 Å². The minimum Gasteiger partial charge on any atom is -0.469 e. The average Bonchev–Trinajstić information content (AvgIpc) is 2.94. The number of benzene rings is 1. The van der Waals surface area contributed by atoms with E-state index in [0.29, 0.717) is 16.5 Å². The number of carbonyl (C=O) groups is 1. The van der Waals surface area contributed by atoms with E-state index in [1.807, 2.05) is 11.4 Å². The second-order valence-corrected chi connectivity index (χ2v) is 5.37. The van der Waals surface area contributed by atoms with Crippen molar-refractivity contribution in [1.82, 2.24) is 9.97 Å². The van der Waals surface area contributed by atoms with Gasteiger partial charge in [0.1, 0.15) is 11.2 Å². The van der Waals surface area contributed by atoms with Crippen LogP contribution in [-0.2, 0) is 0 Å². The van der Waals surface area contributed by atoms with Gasteiger partial charge in [-0.05, 0) is 35.7 Å². The number of aromatic nitrogens is 2. The van der Waals surface area contributed by atoms with Crippen molar-refractivity contribution in [2.24, 2.45) is 0 Å². The van der Waals surface area contributed by atoms with Gasteiger partial charge >= 0.3 is 0 Å². The highest BCUT2D eigenvalue weighted by Gasteiger charge is 2.10. The van der Waals surface area contributed by atoms with Crippen LogP contribution in [0.3, 0.4) is 0 Å². The number of hydrogen-bond acceptors (Lipinski definition) is 5. The number of halogens is 1. The molecule has 0 fully saturated rings. The molecule has 0 atom stereocenters. The Morgan fingerprint density at radius 2 is 2.00 bits per heavy atom. The summed E-state index contributed by atoms with van der Waals surface area (Å²) in [5.74, 6) is 0.308. The highest BCUT2D eigenvalue weighted by atomic mass is 35.5. The van der Waals surface area contributed by atoms with Crippen molar-refractivity contribution in [2.75, 3.05) is 6.61 Å². The molecule has 0 aliphatic carbocycles. The standard InChI is InChI=1S/C14H9ClN2O2S/c15-10-3-1-9(2-4-10)12(18)7-19-13-11-5-6-20-14(11)17-8-16-13/h1-6,8H,7H2. The molecule has 3 aromatic rings. The number of ketones is 1. The van der Waals surface area contributed by atoms with E-state index in [-0.39, 0.29) is 12.4 Å². The van der Waals surface area contributed by atoms with Gasteiger partial charge in [-0.3, -0.25) is 4.79 Å². The van der Waals surface area contributed by atoms with E-state index in [0.717, 1.165) is 10.2 Å². The molecule has 2 heterocycles. The lowest BCUT2D eigenvalue weighted by atomic mass is 10.1. The van der Waals surface area contributed by atoms with Crippen LogP contribution in [0.2, 0.25) is 5.02 Å². The van der Waals surface area contributed by atoms with Gasteiger partial charge in [0.15, 0.2) is 12.4 Å². The quantitative estimate of drug-likeness (QED) is 0.691. The van der Waals surface area contributed by atoms with Crippen LogP contribution in [0.1, 0.15) is 10.4 Å². The zero-order valence-corrected chi connectivity index (χ0v) is 11.8. The van der Waals surface area contributed by atoms with Crippen LogP contribution in [0.5, 0.6) is 5.88 Å². The summed E-state index contributed by atoms with van der Waals surface area (Å²) >= 11 is 7.29. The molecule has 0 saturated heterocycles. The monoisotopic (exact) mass is 304 g/mol. The van der Waals surface area contributed by atoms with Crippen LogP contribution in [0.4, 0.5) is 0 Å². The number of thiophene rings is 1. The summed E-state index contributed by atoms with van der Waals surface area (Å²) in [6.45, 7) is -0.0659. The molecule has 0 bridgehead atoms. The summed E-state index contributed by atoms with van der Waals surface area (Å²) in [6.07, 6.45) is 1.43. The van der Waals surface area contributed by atoms with E-state index in [1.165, 1.54) is 17.7 Å². The third kappa shape index (κ3) is 2.64. The minimum atomic E-state index is -0.122. The number of Topliss-reactive ketones (excluding diaryl/α,β-unsaturated/α-hetero) is 1. The van der Waals surface area contributed by atoms with Crippen LogP contribution in [0.25, 0.3) is 10.2 Å². The Morgan fingerprint density at radius 3 is 2.80 bits per heavy atom. The number of fused-ring (bicyclic) bond motifs is 1. The predicted octanol–water partition coefficient (Wildman–Crippen LogP) is 3.61. The van der Waals surface area contributed by atoms with Gasteiger partial charge in [0.05, 0.1) is 5.39 Å². The first-order chi connectivity index (χ1) is 9.74. The Bertz CT molecular complexity index is 755. The minimum absolute atomic E-state index is 0.0659. The molecule has 1 aromatic carbocycles. The van der Waals surface area contributed by atoms with E-state index in [9.17, 15) is 4.79 Å². The second kappa shape index (κ2) is 5.56. The number of carbonyl (C=O) groups excluding carboxylic acids is 1. The lowest BCUT2D eigenvalue weighted by molar-refractivity contribution is 0.0919. The Labute approximate surface area is 124 Å². The van der Waals surface area contributed by atoms with E-state index in [1.54, 1.807) is 24.3 Å². The topological polar surface area (TPSA) is 52.1 Å². The molecule has 0 aliphatic heterocycles. The maximum absolute atomic E-state index is 12.0. The van der Waals surface area contributed by atoms with Crippen molar-refractivity contribution in [2.45, 2.75) is 0 Å². The Hall–Kier alpha value is -1.98. The highest BCUT2D eigenvalue weighted by molar-refractivity contribution is 7.16. The number of hydrogen-bond donors (Lipinski definition) is 0. The lowest BCUT2D eigenvalue weighted by Crippen LogP contribution is -2.12. The summed E-state index contributed by atoms with van der Waals surface area (Å²) < 4.78 is 5.50. The first kappa shape index (κ1) is 13.0. The Morgan fingerprint density at radius 1 is 1.20 bits per heavy atom. The smallest absolute Gasteiger partial charge is 0.225 e. The highest BCUT2D eigenvalue weighted by Crippen LogP contribution is 2.25. The van der Waals surface area contributed by atoms with Gasteiger partial charge in [-0.15, -0.1) is 11.3 Å². The Balaban J connectivity index is 1.74. The van der Waals surface area contributed by atoms with Crippen LogP contribution < -0.4 is 4.74 Å². The van der Waals surface area contributed by atoms with Gasteiger partial charge < -0.3 is 4.74 Å². The van der Waals surface area contributed by atoms with Crippen molar-refractivity contribution < 1.29 is 9.53 Å². The van der Waals surface area contributed by atoms with Gasteiger partial charge in [-0.1, -0.05) is 11.6 Å². The van der Waals surface area contributed by atoms with Gasteiger partial charge in [0.2, 0.25) is 5.88 Å². The molecule has 4 nitrogen and oxygen atoms in total. The molecule has 3 rings (SSSR count). The Kier molecular flexibility index (Phi) is 3.62. The van der Waals surface area contributed by atoms with E-state index < -0.39 is 0 Å². The van der Waals surface area contributed by atoms with Crippen LogP contribution in [0, 0.1) is 0 Å². The molecule has 20 heavy (non-hydrogen) atoms. The molecule has 0 amide bonds. The van der Waals surface area contributed by atoms with Gasteiger partial charge in [-0.2, -0.15) is 0 Å². The molecule has 100 valence electrons. The number of rotatable bonds is 4. The summed E-state index contributed by atoms with van der Waals surface area (Å²) in [6, 6.07) is 8.58. The molecule has 0 radical (unpaired) electrons. The van der Waals surface area contributed by atoms with Crippen molar-refractivity contribution in [3.8, 4) is 5.88 Å². The molecule has 0 unspecified atom stereocenters. The second-order valence-electron chi connectivity index (χ2n) is 4.04. The van der Waals surface area contributed by atoms with Crippen molar-refractivity contribution in [1.29, 1.82) is 0 Å². The molecule has 0 aliphatic rings. The molecule has 6 heteroatoms. The van der Waals surface area contributed by atoms with Crippen molar-refractivity contribution >= 4 is 38.9 Å². The fraction of sp³-hybridized carbons (Fsp3) is 0.0714. The zero-order chi connectivity index (χ0) is 13.9. The average molecular weight is 305 g/mol. The molecule has 0 saturated carbocycles. The van der Waals surface area contributed by atoms with Gasteiger partial charge in [0, 0.05) is 10.6 Å². The van der Waals surface area contributed by atoms with E-state index in [4.69, 9.17) is 16.3 Å². The summed E-state index contributed by atoms with van der Waals surface area (Å²) in [5.41, 5.74) is 0.560. The first-order valence-electron chi connectivity index (χ1n) is 5.84. The fourth-order valence-electron chi connectivity index (χ4n) is 1.74. The number of nitrogens with zero attached hydrogens (tertiary/aromatic N) is 2.